The number of aliphatic carboxylic acids is 1. The van der Waals surface area contributed by atoms with Crippen LogP contribution >= 0.6 is 0 Å². The van der Waals surface area contributed by atoms with E-state index in [1.807, 2.05) is 17.9 Å². The van der Waals surface area contributed by atoms with Gasteiger partial charge in [-0.25, -0.2) is 0 Å². The number of aliphatic hydroxyl groups excluding tert-OH is 1. The summed E-state index contributed by atoms with van der Waals surface area (Å²) in [5.74, 6) is -1.48. The number of nitrogens with zero attached hydrogens (tertiary/aromatic N) is 1. The van der Waals surface area contributed by atoms with E-state index in [1.165, 1.54) is 0 Å². The lowest BCUT2D eigenvalue weighted by Gasteiger charge is -2.19. The zero-order valence-electron chi connectivity index (χ0n) is 11.5. The first kappa shape index (κ1) is 16.1. The Kier molecular flexibility index (Phi) is 6.69. The van der Waals surface area contributed by atoms with Crippen molar-refractivity contribution in [2.24, 2.45) is 0 Å². The largest absolute Gasteiger partial charge is 0.480 e. The summed E-state index contributed by atoms with van der Waals surface area (Å²) in [6.07, 6.45) is 0. The summed E-state index contributed by atoms with van der Waals surface area (Å²) in [6, 6.07) is 7.03. The predicted octanol–water partition coefficient (Wildman–Crippen LogP) is 0.315. The molecule has 1 rings (SSSR count). The highest BCUT2D eigenvalue weighted by atomic mass is 16.4. The summed E-state index contributed by atoms with van der Waals surface area (Å²) in [5, 5.41) is 19.8. The van der Waals surface area contributed by atoms with Crippen molar-refractivity contribution in [1.82, 2.24) is 10.2 Å². The highest BCUT2D eigenvalue weighted by Gasteiger charge is 2.09. The van der Waals surface area contributed by atoms with Gasteiger partial charge in [0.2, 0.25) is 0 Å². The summed E-state index contributed by atoms with van der Waals surface area (Å²) in [7, 11) is 0. The predicted molar refractivity (Wildman–Crippen MR) is 74.4 cm³/mol. The van der Waals surface area contributed by atoms with Crippen molar-refractivity contribution in [3.8, 4) is 0 Å². The third-order valence-corrected chi connectivity index (χ3v) is 2.86. The van der Waals surface area contributed by atoms with Gasteiger partial charge in [0.25, 0.3) is 5.91 Å². The van der Waals surface area contributed by atoms with Gasteiger partial charge in [0.15, 0.2) is 0 Å². The van der Waals surface area contributed by atoms with Crippen LogP contribution in [0.15, 0.2) is 24.3 Å². The van der Waals surface area contributed by atoms with Crippen molar-refractivity contribution in [2.75, 3.05) is 26.2 Å². The van der Waals surface area contributed by atoms with E-state index in [-0.39, 0.29) is 6.61 Å². The van der Waals surface area contributed by atoms with Gasteiger partial charge in [-0.3, -0.25) is 14.5 Å². The maximum atomic E-state index is 11.8. The first-order valence-corrected chi connectivity index (χ1v) is 6.49. The number of benzene rings is 1. The molecule has 0 heterocycles. The summed E-state index contributed by atoms with van der Waals surface area (Å²) in [5.41, 5.74) is 1.38. The minimum Gasteiger partial charge on any atom is -0.480 e. The van der Waals surface area contributed by atoms with Crippen molar-refractivity contribution < 1.29 is 19.8 Å². The van der Waals surface area contributed by atoms with Crippen molar-refractivity contribution in [2.45, 2.75) is 13.5 Å². The van der Waals surface area contributed by atoms with Crippen LogP contribution in [0, 0.1) is 0 Å². The van der Waals surface area contributed by atoms with Crippen molar-refractivity contribution in [3.05, 3.63) is 35.4 Å². The third kappa shape index (κ3) is 5.38. The number of rotatable bonds is 8. The molecule has 0 fully saturated rings. The molecule has 1 aromatic carbocycles. The molecule has 0 unspecified atom stereocenters. The minimum atomic E-state index is -1.07. The van der Waals surface area contributed by atoms with E-state index in [2.05, 4.69) is 5.32 Å². The molecule has 0 aliphatic carbocycles. The Hall–Kier alpha value is -1.92. The van der Waals surface area contributed by atoms with Crippen LogP contribution in [-0.2, 0) is 11.3 Å². The van der Waals surface area contributed by atoms with Crippen LogP contribution in [0.5, 0.6) is 0 Å². The summed E-state index contributed by atoms with van der Waals surface area (Å²) < 4.78 is 0. The van der Waals surface area contributed by atoms with Gasteiger partial charge in [-0.1, -0.05) is 19.1 Å². The van der Waals surface area contributed by atoms with E-state index in [1.54, 1.807) is 18.2 Å². The molecule has 0 saturated heterocycles. The number of carboxylic acid groups (broad SMARTS) is 1. The monoisotopic (exact) mass is 280 g/mol. The highest BCUT2D eigenvalue weighted by molar-refractivity contribution is 5.95. The Bertz CT molecular complexity index is 462. The standard InChI is InChI=1S/C14H20N2O4/c1-2-16(6-7-17)10-11-4-3-5-12(8-11)14(20)15-9-13(18)19/h3-5,8,17H,2,6-7,9-10H2,1H3,(H,15,20)(H,18,19). The number of carbonyl (C=O) groups excluding carboxylic acids is 1. The fourth-order valence-corrected chi connectivity index (χ4v) is 1.82. The van der Waals surface area contributed by atoms with E-state index in [0.29, 0.717) is 18.7 Å². The first-order chi connectivity index (χ1) is 9.56. The molecule has 1 amide bonds. The van der Waals surface area contributed by atoms with Crippen LogP contribution in [0.25, 0.3) is 0 Å². The van der Waals surface area contributed by atoms with Crippen LogP contribution in [-0.4, -0.2) is 53.2 Å². The number of hydrogen-bond acceptors (Lipinski definition) is 4. The van der Waals surface area contributed by atoms with E-state index in [9.17, 15) is 9.59 Å². The van der Waals surface area contributed by atoms with Gasteiger partial charge >= 0.3 is 5.97 Å². The molecular weight excluding hydrogens is 260 g/mol. The topological polar surface area (TPSA) is 89.9 Å². The summed E-state index contributed by atoms with van der Waals surface area (Å²) in [6.45, 7) is 3.71. The maximum Gasteiger partial charge on any atom is 0.322 e. The zero-order chi connectivity index (χ0) is 15.0. The molecular formula is C14H20N2O4. The van der Waals surface area contributed by atoms with Crippen LogP contribution in [0.3, 0.4) is 0 Å². The average Bonchev–Trinajstić information content (AvgIpc) is 2.44. The second kappa shape index (κ2) is 8.29. The Labute approximate surface area is 118 Å². The molecule has 6 heteroatoms. The van der Waals surface area contributed by atoms with Gasteiger partial charge in [0.1, 0.15) is 6.54 Å². The Balaban J connectivity index is 2.69. The third-order valence-electron chi connectivity index (χ3n) is 2.86. The molecule has 6 nitrogen and oxygen atoms in total. The fourth-order valence-electron chi connectivity index (χ4n) is 1.82. The molecule has 0 radical (unpaired) electrons. The Morgan fingerprint density at radius 2 is 2.10 bits per heavy atom. The lowest BCUT2D eigenvalue weighted by atomic mass is 10.1. The molecule has 0 atom stereocenters. The number of carboxylic acids is 1. The normalized spacial score (nSPS) is 10.6. The molecule has 0 aromatic heterocycles. The number of aliphatic hydroxyl groups is 1. The van der Waals surface area contributed by atoms with E-state index in [0.717, 1.165) is 12.1 Å². The Morgan fingerprint density at radius 3 is 2.70 bits per heavy atom. The molecule has 0 aliphatic heterocycles. The first-order valence-electron chi connectivity index (χ1n) is 6.49. The lowest BCUT2D eigenvalue weighted by molar-refractivity contribution is -0.135. The lowest BCUT2D eigenvalue weighted by Crippen LogP contribution is -2.29. The molecule has 20 heavy (non-hydrogen) atoms. The number of nitrogens with one attached hydrogen (secondary N) is 1. The van der Waals surface area contributed by atoms with Gasteiger partial charge in [0.05, 0.1) is 6.61 Å². The maximum absolute atomic E-state index is 11.8. The average molecular weight is 280 g/mol. The van der Waals surface area contributed by atoms with Crippen LogP contribution in [0.4, 0.5) is 0 Å². The van der Waals surface area contributed by atoms with Gasteiger partial charge in [-0.05, 0) is 24.2 Å². The van der Waals surface area contributed by atoms with E-state index in [4.69, 9.17) is 10.2 Å². The van der Waals surface area contributed by atoms with Crippen LogP contribution < -0.4 is 5.32 Å². The van der Waals surface area contributed by atoms with Crippen molar-refractivity contribution >= 4 is 11.9 Å². The summed E-state index contributed by atoms with van der Waals surface area (Å²) >= 11 is 0. The molecule has 3 N–H and O–H groups in total. The van der Waals surface area contributed by atoms with Crippen molar-refractivity contribution in [3.63, 3.8) is 0 Å². The Morgan fingerprint density at radius 1 is 1.35 bits per heavy atom. The van der Waals surface area contributed by atoms with E-state index >= 15 is 0 Å². The number of carbonyl (C=O) groups is 2. The summed E-state index contributed by atoms with van der Waals surface area (Å²) in [4.78, 5) is 24.2. The van der Waals surface area contributed by atoms with Crippen molar-refractivity contribution in [1.29, 1.82) is 0 Å². The highest BCUT2D eigenvalue weighted by Crippen LogP contribution is 2.08. The zero-order valence-corrected chi connectivity index (χ0v) is 11.5. The molecule has 0 bridgehead atoms. The number of amides is 1. The molecule has 110 valence electrons. The number of likely N-dealkylation sites (N-methyl/N-ethyl adjacent to an activating group) is 1. The fraction of sp³-hybridized carbons (Fsp3) is 0.429. The number of hydrogen-bond donors (Lipinski definition) is 3. The second-order valence-corrected chi connectivity index (χ2v) is 4.37. The molecule has 0 spiro atoms. The SMILES string of the molecule is CCN(CCO)Cc1cccc(C(=O)NCC(=O)O)c1. The van der Waals surface area contributed by atoms with Gasteiger partial charge in [0, 0.05) is 18.7 Å². The quantitative estimate of drug-likeness (QED) is 0.638. The van der Waals surface area contributed by atoms with Gasteiger partial charge in [-0.2, -0.15) is 0 Å². The minimum absolute atomic E-state index is 0.0899. The van der Waals surface area contributed by atoms with E-state index < -0.39 is 18.4 Å². The van der Waals surface area contributed by atoms with Crippen LogP contribution in [0.2, 0.25) is 0 Å². The van der Waals surface area contributed by atoms with Gasteiger partial charge < -0.3 is 15.5 Å². The smallest absolute Gasteiger partial charge is 0.322 e. The van der Waals surface area contributed by atoms with Gasteiger partial charge in [-0.15, -0.1) is 0 Å². The molecule has 0 saturated carbocycles. The second-order valence-electron chi connectivity index (χ2n) is 4.37. The molecule has 0 aliphatic rings. The molecule has 1 aromatic rings. The van der Waals surface area contributed by atoms with Crippen LogP contribution in [0.1, 0.15) is 22.8 Å².